The van der Waals surface area contributed by atoms with Gasteiger partial charge in [-0.15, -0.1) is 0 Å². The molecule has 2 heterocycles. The van der Waals surface area contributed by atoms with E-state index in [1.807, 2.05) is 6.92 Å². The molecule has 1 amide bonds. The number of likely N-dealkylation sites (tertiary alicyclic amines) is 1. The van der Waals surface area contributed by atoms with Gasteiger partial charge in [0.25, 0.3) is 5.91 Å². The Balaban J connectivity index is 1.54. The van der Waals surface area contributed by atoms with E-state index in [2.05, 4.69) is 0 Å². The standard InChI is InChI=1S/C22H19ClF3NO3/c1-11-9-16-17(12(2)18(11)23)15(28)10-22(30-16)5-7-27(8-6-22)21(29)13-3-4-14(24)20(26)19(13)25/h3-4,9H,5-8,10H2,1-2H3. The monoisotopic (exact) mass is 437 g/mol. The summed E-state index contributed by atoms with van der Waals surface area (Å²) in [4.78, 5) is 26.8. The van der Waals surface area contributed by atoms with E-state index in [0.29, 0.717) is 34.7 Å². The van der Waals surface area contributed by atoms with Crippen molar-refractivity contribution in [3.8, 4) is 5.75 Å². The lowest BCUT2D eigenvalue weighted by Gasteiger charge is -2.44. The molecule has 0 bridgehead atoms. The Bertz CT molecular complexity index is 1080. The Kier molecular flexibility index (Phi) is 5.04. The summed E-state index contributed by atoms with van der Waals surface area (Å²) in [7, 11) is 0. The highest BCUT2D eigenvalue weighted by Gasteiger charge is 2.44. The molecule has 2 aromatic rings. The van der Waals surface area contributed by atoms with Crippen LogP contribution in [0.5, 0.6) is 5.75 Å². The summed E-state index contributed by atoms with van der Waals surface area (Å²) in [6.07, 6.45) is 0.869. The lowest BCUT2D eigenvalue weighted by molar-refractivity contribution is -0.00592. The summed E-state index contributed by atoms with van der Waals surface area (Å²) in [5.41, 5.74) is 0.697. The van der Waals surface area contributed by atoms with Crippen molar-refractivity contribution in [2.45, 2.75) is 38.7 Å². The lowest BCUT2D eigenvalue weighted by Crippen LogP contribution is -2.52. The highest BCUT2D eigenvalue weighted by molar-refractivity contribution is 6.32. The van der Waals surface area contributed by atoms with Crippen LogP contribution in [0.2, 0.25) is 5.02 Å². The minimum absolute atomic E-state index is 0.0675. The fourth-order valence-electron chi connectivity index (χ4n) is 4.26. The molecule has 0 atom stereocenters. The highest BCUT2D eigenvalue weighted by Crippen LogP contribution is 2.43. The molecule has 0 saturated carbocycles. The zero-order valence-corrected chi connectivity index (χ0v) is 17.2. The number of hydrogen-bond donors (Lipinski definition) is 0. The van der Waals surface area contributed by atoms with E-state index in [4.69, 9.17) is 16.3 Å². The fourth-order valence-corrected chi connectivity index (χ4v) is 4.41. The quantitative estimate of drug-likeness (QED) is 0.589. The van der Waals surface area contributed by atoms with Crippen molar-refractivity contribution in [1.29, 1.82) is 0 Å². The van der Waals surface area contributed by atoms with Crippen LogP contribution >= 0.6 is 11.6 Å². The number of halogens is 4. The summed E-state index contributed by atoms with van der Waals surface area (Å²) < 4.78 is 46.9. The third-order valence-corrected chi connectivity index (χ3v) is 6.54. The van der Waals surface area contributed by atoms with Crippen molar-refractivity contribution in [1.82, 2.24) is 4.90 Å². The van der Waals surface area contributed by atoms with Gasteiger partial charge in [-0.05, 0) is 43.2 Å². The Morgan fingerprint density at radius 2 is 1.80 bits per heavy atom. The van der Waals surface area contributed by atoms with Crippen LogP contribution < -0.4 is 4.74 Å². The number of hydrogen-bond acceptors (Lipinski definition) is 3. The molecule has 30 heavy (non-hydrogen) atoms. The molecule has 158 valence electrons. The SMILES string of the molecule is Cc1cc2c(c(C)c1Cl)C(=O)CC1(CCN(C(=O)c3ccc(F)c(F)c3F)CC1)O2. The van der Waals surface area contributed by atoms with Crippen molar-refractivity contribution in [2.75, 3.05) is 13.1 Å². The first-order valence-electron chi connectivity index (χ1n) is 9.58. The molecular weight excluding hydrogens is 419 g/mol. The molecule has 0 aliphatic carbocycles. The average Bonchev–Trinajstić information content (AvgIpc) is 2.70. The van der Waals surface area contributed by atoms with Gasteiger partial charge in [0.1, 0.15) is 11.4 Å². The van der Waals surface area contributed by atoms with E-state index in [0.717, 1.165) is 17.7 Å². The van der Waals surface area contributed by atoms with E-state index in [-0.39, 0.29) is 25.3 Å². The lowest BCUT2D eigenvalue weighted by atomic mass is 9.81. The van der Waals surface area contributed by atoms with E-state index >= 15 is 0 Å². The second-order valence-corrected chi connectivity index (χ2v) is 8.28. The zero-order chi connectivity index (χ0) is 21.8. The Morgan fingerprint density at radius 3 is 2.47 bits per heavy atom. The van der Waals surface area contributed by atoms with Crippen LogP contribution in [-0.4, -0.2) is 35.3 Å². The minimum Gasteiger partial charge on any atom is -0.486 e. The van der Waals surface area contributed by atoms with E-state index in [1.54, 1.807) is 13.0 Å². The molecule has 1 spiro atoms. The number of nitrogens with zero attached hydrogens (tertiary/aromatic N) is 1. The summed E-state index contributed by atoms with van der Waals surface area (Å²) in [5.74, 6) is -4.82. The molecule has 1 fully saturated rings. The number of benzene rings is 2. The molecule has 0 aromatic heterocycles. The number of carbonyl (C=O) groups is 2. The van der Waals surface area contributed by atoms with Crippen molar-refractivity contribution in [3.63, 3.8) is 0 Å². The van der Waals surface area contributed by atoms with Gasteiger partial charge in [0.2, 0.25) is 0 Å². The van der Waals surface area contributed by atoms with Gasteiger partial charge in [0.15, 0.2) is 23.2 Å². The first-order valence-corrected chi connectivity index (χ1v) is 9.96. The molecule has 2 aliphatic rings. The predicted molar refractivity (Wildman–Crippen MR) is 105 cm³/mol. The van der Waals surface area contributed by atoms with E-state index < -0.39 is 34.5 Å². The number of Topliss-reactive ketones (excluding diaryl/α,β-unsaturated/α-hetero) is 1. The largest absolute Gasteiger partial charge is 0.486 e. The molecule has 2 aliphatic heterocycles. The van der Waals surface area contributed by atoms with Crippen LogP contribution in [0.1, 0.15) is 51.1 Å². The Hall–Kier alpha value is -2.54. The van der Waals surface area contributed by atoms with Gasteiger partial charge in [-0.2, -0.15) is 0 Å². The maximum absolute atomic E-state index is 14.0. The normalized spacial score (nSPS) is 17.7. The van der Waals surface area contributed by atoms with E-state index in [1.165, 1.54) is 4.90 Å². The minimum atomic E-state index is -1.67. The van der Waals surface area contributed by atoms with Gasteiger partial charge in [-0.3, -0.25) is 9.59 Å². The summed E-state index contributed by atoms with van der Waals surface area (Å²) in [5, 5.41) is 0.538. The van der Waals surface area contributed by atoms with Crippen LogP contribution in [0.25, 0.3) is 0 Å². The van der Waals surface area contributed by atoms with Gasteiger partial charge < -0.3 is 9.64 Å². The van der Waals surface area contributed by atoms with Gasteiger partial charge in [0, 0.05) is 31.0 Å². The van der Waals surface area contributed by atoms with Gasteiger partial charge in [0.05, 0.1) is 17.5 Å². The number of fused-ring (bicyclic) bond motifs is 1. The van der Waals surface area contributed by atoms with Crippen molar-refractivity contribution >= 4 is 23.3 Å². The number of ketones is 1. The van der Waals surface area contributed by atoms with Crippen LogP contribution in [0, 0.1) is 31.3 Å². The Labute approximate surface area is 176 Å². The molecule has 0 N–H and O–H groups in total. The number of rotatable bonds is 1. The number of amides is 1. The topological polar surface area (TPSA) is 46.6 Å². The smallest absolute Gasteiger partial charge is 0.256 e. The highest BCUT2D eigenvalue weighted by atomic mass is 35.5. The molecule has 1 saturated heterocycles. The summed E-state index contributed by atoms with van der Waals surface area (Å²) in [6.45, 7) is 4.02. The van der Waals surface area contributed by atoms with Crippen molar-refractivity contribution in [2.24, 2.45) is 0 Å². The van der Waals surface area contributed by atoms with E-state index in [9.17, 15) is 22.8 Å². The van der Waals surface area contributed by atoms with Gasteiger partial charge >= 0.3 is 0 Å². The molecule has 2 aromatic carbocycles. The number of carbonyl (C=O) groups excluding carboxylic acids is 2. The van der Waals surface area contributed by atoms with Crippen LogP contribution in [-0.2, 0) is 0 Å². The molecule has 4 rings (SSSR count). The van der Waals surface area contributed by atoms with Gasteiger partial charge in [-0.1, -0.05) is 11.6 Å². The van der Waals surface area contributed by atoms with Crippen molar-refractivity contribution < 1.29 is 27.5 Å². The average molecular weight is 438 g/mol. The van der Waals surface area contributed by atoms with Crippen LogP contribution in [0.3, 0.4) is 0 Å². The first kappa shape index (κ1) is 20.7. The fraction of sp³-hybridized carbons (Fsp3) is 0.364. The predicted octanol–water partition coefficient (Wildman–Crippen LogP) is 5.01. The molecule has 4 nitrogen and oxygen atoms in total. The first-order chi connectivity index (χ1) is 14.1. The van der Waals surface area contributed by atoms with Crippen molar-refractivity contribution in [3.05, 3.63) is 62.9 Å². The maximum atomic E-state index is 14.0. The van der Waals surface area contributed by atoms with Crippen LogP contribution in [0.15, 0.2) is 18.2 Å². The molecule has 8 heteroatoms. The number of piperidine rings is 1. The summed E-state index contributed by atoms with van der Waals surface area (Å²) in [6, 6.07) is 3.41. The number of aryl methyl sites for hydroxylation is 1. The summed E-state index contributed by atoms with van der Waals surface area (Å²) >= 11 is 6.27. The van der Waals surface area contributed by atoms with Gasteiger partial charge in [-0.25, -0.2) is 13.2 Å². The molecule has 0 unspecified atom stereocenters. The number of ether oxygens (including phenoxy) is 1. The zero-order valence-electron chi connectivity index (χ0n) is 16.5. The second-order valence-electron chi connectivity index (χ2n) is 7.91. The third kappa shape index (κ3) is 3.25. The molecular formula is C22H19ClF3NO3. The second kappa shape index (κ2) is 7.30. The maximum Gasteiger partial charge on any atom is 0.256 e. The molecule has 0 radical (unpaired) electrons. The Morgan fingerprint density at radius 1 is 1.13 bits per heavy atom. The van der Waals surface area contributed by atoms with Crippen LogP contribution in [0.4, 0.5) is 13.2 Å². The third-order valence-electron chi connectivity index (χ3n) is 5.96.